The van der Waals surface area contributed by atoms with Crippen LogP contribution in [0.3, 0.4) is 0 Å². The lowest BCUT2D eigenvalue weighted by atomic mass is 10.1. The molecule has 1 aliphatic rings. The van der Waals surface area contributed by atoms with Crippen molar-refractivity contribution in [2.24, 2.45) is 13.0 Å². The Balaban J connectivity index is 2.17. The molecule has 1 fully saturated rings. The van der Waals surface area contributed by atoms with E-state index in [9.17, 15) is 18.0 Å². The molecule has 2 rings (SSSR count). The summed E-state index contributed by atoms with van der Waals surface area (Å²) in [6, 6.07) is -1.02. The first-order valence-corrected chi connectivity index (χ1v) is 9.99. The zero-order valence-corrected chi connectivity index (χ0v) is 16.5. The molecule has 0 aromatic carbocycles. The minimum absolute atomic E-state index is 0.0156. The van der Waals surface area contributed by atoms with Crippen LogP contribution in [0.5, 0.6) is 0 Å². The highest BCUT2D eigenvalue weighted by Crippen LogP contribution is 2.28. The maximum absolute atomic E-state index is 12.8. The van der Waals surface area contributed by atoms with Crippen molar-refractivity contribution in [2.75, 3.05) is 6.54 Å². The van der Waals surface area contributed by atoms with Crippen molar-refractivity contribution in [3.63, 3.8) is 0 Å². The molecule has 0 radical (unpaired) electrons. The average molecular weight is 386 g/mol. The number of hydrogen-bond donors (Lipinski definition) is 2. The molecular formula is C16H26N4O5S. The minimum Gasteiger partial charge on any atom is -0.481 e. The molecule has 1 aromatic rings. The van der Waals surface area contributed by atoms with Gasteiger partial charge >= 0.3 is 5.97 Å². The van der Waals surface area contributed by atoms with Gasteiger partial charge in [0.05, 0.1) is 23.3 Å². The number of carbonyl (C=O) groups excluding carboxylic acids is 1. The summed E-state index contributed by atoms with van der Waals surface area (Å²) in [5.74, 6) is -2.12. The predicted molar refractivity (Wildman–Crippen MR) is 94.0 cm³/mol. The van der Waals surface area contributed by atoms with Gasteiger partial charge < -0.3 is 10.0 Å². The Morgan fingerprint density at radius 2 is 1.92 bits per heavy atom. The maximum Gasteiger partial charge on any atom is 0.308 e. The Morgan fingerprint density at radius 1 is 1.35 bits per heavy atom. The molecular weight excluding hydrogens is 360 g/mol. The second kappa shape index (κ2) is 7.36. The van der Waals surface area contributed by atoms with Crippen LogP contribution >= 0.6 is 0 Å². The smallest absolute Gasteiger partial charge is 0.308 e. The summed E-state index contributed by atoms with van der Waals surface area (Å²) in [6.45, 7) is 6.31. The van der Waals surface area contributed by atoms with Crippen molar-refractivity contribution in [1.29, 1.82) is 0 Å². The third kappa shape index (κ3) is 4.24. The Kier molecular flexibility index (Phi) is 5.76. The first-order chi connectivity index (χ1) is 12.0. The molecule has 1 aromatic heterocycles. The van der Waals surface area contributed by atoms with Crippen molar-refractivity contribution in [3.8, 4) is 0 Å². The molecule has 0 saturated heterocycles. The molecule has 0 bridgehead atoms. The largest absolute Gasteiger partial charge is 0.481 e. The van der Waals surface area contributed by atoms with Gasteiger partial charge in [0.25, 0.3) is 0 Å². The fourth-order valence-electron chi connectivity index (χ4n) is 2.91. The quantitative estimate of drug-likeness (QED) is 0.668. The van der Waals surface area contributed by atoms with Crippen LogP contribution in [0.25, 0.3) is 0 Å². The van der Waals surface area contributed by atoms with Crippen LogP contribution < -0.4 is 4.72 Å². The number of hydrogen-bond acceptors (Lipinski definition) is 5. The molecule has 2 N–H and O–H groups in total. The standard InChI is InChI=1S/C16H26N4O5S/c1-9(16(22)23)8-20(13-6-7-13)15(21)11(3)18-26(24,25)14-10(2)17-19(5)12(14)4/h9,11,13,18H,6-8H2,1-5H3,(H,22,23). The number of carboxylic acid groups (broad SMARTS) is 1. The lowest BCUT2D eigenvalue weighted by Gasteiger charge is -2.27. The number of rotatable bonds is 8. The van der Waals surface area contributed by atoms with E-state index in [4.69, 9.17) is 5.11 Å². The average Bonchev–Trinajstić information content (AvgIpc) is 3.31. The van der Waals surface area contributed by atoms with Gasteiger partial charge in [0, 0.05) is 19.6 Å². The third-order valence-corrected chi connectivity index (χ3v) is 6.37. The Hall–Kier alpha value is -1.94. The first-order valence-electron chi connectivity index (χ1n) is 8.51. The van der Waals surface area contributed by atoms with Crippen molar-refractivity contribution < 1.29 is 23.1 Å². The molecule has 26 heavy (non-hydrogen) atoms. The molecule has 1 saturated carbocycles. The Labute approximate surface area is 153 Å². The van der Waals surface area contributed by atoms with Crippen LogP contribution in [0.15, 0.2) is 4.90 Å². The van der Waals surface area contributed by atoms with Crippen molar-refractivity contribution in [1.82, 2.24) is 19.4 Å². The predicted octanol–water partition coefficient (Wildman–Crippen LogP) is 0.415. The van der Waals surface area contributed by atoms with Gasteiger partial charge in [0.15, 0.2) is 0 Å². The van der Waals surface area contributed by atoms with E-state index in [1.807, 2.05) is 0 Å². The van der Waals surface area contributed by atoms with E-state index in [1.165, 1.54) is 23.4 Å². The van der Waals surface area contributed by atoms with E-state index < -0.39 is 33.9 Å². The van der Waals surface area contributed by atoms with Gasteiger partial charge in [0.1, 0.15) is 4.90 Å². The second-order valence-corrected chi connectivity index (χ2v) is 8.58. The van der Waals surface area contributed by atoms with E-state index in [2.05, 4.69) is 9.82 Å². The highest BCUT2D eigenvalue weighted by atomic mass is 32.2. The highest BCUT2D eigenvalue weighted by molar-refractivity contribution is 7.89. The van der Waals surface area contributed by atoms with Gasteiger partial charge in [-0.1, -0.05) is 6.92 Å². The number of aliphatic carboxylic acids is 1. The summed E-state index contributed by atoms with van der Waals surface area (Å²) in [6.07, 6.45) is 1.61. The SMILES string of the molecule is Cc1nn(C)c(C)c1S(=O)(=O)NC(C)C(=O)N(CC(C)C(=O)O)C1CC1. The lowest BCUT2D eigenvalue weighted by molar-refractivity contribution is -0.143. The number of carboxylic acids is 1. The van der Waals surface area contributed by atoms with Crippen LogP contribution in [0.4, 0.5) is 0 Å². The monoisotopic (exact) mass is 386 g/mol. The van der Waals surface area contributed by atoms with Gasteiger partial charge in [0.2, 0.25) is 15.9 Å². The maximum atomic E-state index is 12.8. The molecule has 2 unspecified atom stereocenters. The summed E-state index contributed by atoms with van der Waals surface area (Å²) >= 11 is 0. The number of aromatic nitrogens is 2. The molecule has 0 spiro atoms. The molecule has 1 heterocycles. The van der Waals surface area contributed by atoms with Crippen LogP contribution in [0, 0.1) is 19.8 Å². The van der Waals surface area contributed by atoms with Crippen molar-refractivity contribution in [2.45, 2.75) is 57.5 Å². The van der Waals surface area contributed by atoms with Crippen LogP contribution in [-0.4, -0.2) is 58.7 Å². The fraction of sp³-hybridized carbons (Fsp3) is 0.688. The molecule has 1 aliphatic carbocycles. The van der Waals surface area contributed by atoms with Crippen molar-refractivity contribution >= 4 is 21.9 Å². The molecule has 9 nitrogen and oxygen atoms in total. The second-order valence-electron chi connectivity index (χ2n) is 6.93. The van der Waals surface area contributed by atoms with Crippen molar-refractivity contribution in [3.05, 3.63) is 11.4 Å². The molecule has 146 valence electrons. The fourth-order valence-corrected chi connectivity index (χ4v) is 4.55. The van der Waals surface area contributed by atoms with Gasteiger partial charge in [-0.3, -0.25) is 14.3 Å². The first kappa shape index (κ1) is 20.4. The lowest BCUT2D eigenvalue weighted by Crippen LogP contribution is -2.49. The van der Waals surface area contributed by atoms with Gasteiger partial charge in [-0.05, 0) is 33.6 Å². The number of amides is 1. The Morgan fingerprint density at radius 3 is 2.35 bits per heavy atom. The number of nitrogens with zero attached hydrogens (tertiary/aromatic N) is 3. The zero-order chi connectivity index (χ0) is 19.8. The van der Waals surface area contributed by atoms with Gasteiger partial charge in [-0.2, -0.15) is 9.82 Å². The summed E-state index contributed by atoms with van der Waals surface area (Å²) in [5, 5.41) is 13.2. The van der Waals surface area contributed by atoms with E-state index >= 15 is 0 Å². The van der Waals surface area contributed by atoms with Gasteiger partial charge in [-0.25, -0.2) is 8.42 Å². The van der Waals surface area contributed by atoms with E-state index in [-0.39, 0.29) is 17.5 Å². The summed E-state index contributed by atoms with van der Waals surface area (Å²) in [4.78, 5) is 25.4. The number of aryl methyl sites for hydroxylation is 2. The summed E-state index contributed by atoms with van der Waals surface area (Å²) < 4.78 is 29.3. The minimum atomic E-state index is -3.93. The van der Waals surface area contributed by atoms with E-state index in [1.54, 1.807) is 20.9 Å². The van der Waals surface area contributed by atoms with Crippen LogP contribution in [0.2, 0.25) is 0 Å². The van der Waals surface area contributed by atoms with Gasteiger partial charge in [-0.15, -0.1) is 0 Å². The number of nitrogens with one attached hydrogen (secondary N) is 1. The molecule has 0 aliphatic heterocycles. The third-order valence-electron chi connectivity index (χ3n) is 4.58. The van der Waals surface area contributed by atoms with Crippen LogP contribution in [-0.2, 0) is 26.7 Å². The summed E-state index contributed by atoms with van der Waals surface area (Å²) in [5.41, 5.74) is 0.837. The zero-order valence-electron chi connectivity index (χ0n) is 15.7. The molecule has 10 heteroatoms. The Bertz CT molecular complexity index is 813. The van der Waals surface area contributed by atoms with E-state index in [0.29, 0.717) is 11.4 Å². The normalized spacial score (nSPS) is 17.0. The molecule has 1 amide bonds. The highest BCUT2D eigenvalue weighted by Gasteiger charge is 2.38. The molecule has 2 atom stereocenters. The van der Waals surface area contributed by atoms with E-state index in [0.717, 1.165) is 12.8 Å². The summed E-state index contributed by atoms with van der Waals surface area (Å²) in [7, 11) is -2.27. The topological polar surface area (TPSA) is 122 Å². The van der Waals surface area contributed by atoms with Crippen LogP contribution in [0.1, 0.15) is 38.1 Å². The number of sulfonamides is 1. The number of carbonyl (C=O) groups is 2.